The van der Waals surface area contributed by atoms with Crippen molar-refractivity contribution in [2.45, 2.75) is 6.92 Å². The minimum atomic E-state index is -0.354. The van der Waals surface area contributed by atoms with E-state index in [-0.39, 0.29) is 11.5 Å². The maximum atomic E-state index is 13.1. The first kappa shape index (κ1) is 16.0. The van der Waals surface area contributed by atoms with Gasteiger partial charge in [-0.05, 0) is 42.3 Å². The van der Waals surface area contributed by atoms with E-state index in [0.29, 0.717) is 22.5 Å². The smallest absolute Gasteiger partial charge is 0.268 e. The van der Waals surface area contributed by atoms with Gasteiger partial charge in [0.1, 0.15) is 5.75 Å². The second kappa shape index (κ2) is 6.11. The molecule has 0 N–H and O–H groups in total. The third-order valence-corrected chi connectivity index (χ3v) is 4.42. The lowest BCUT2D eigenvalue weighted by Gasteiger charge is -2.08. The fraction of sp³-hybridized carbons (Fsp3) is 0.0952. The average Bonchev–Trinajstić information content (AvgIpc) is 2.96. The highest BCUT2D eigenvalue weighted by Crippen LogP contribution is 2.37. The van der Waals surface area contributed by atoms with Gasteiger partial charge in [-0.1, -0.05) is 24.3 Å². The molecule has 0 unspecified atom stereocenters. The molecule has 128 valence electrons. The number of carbonyl (C=O) groups excluding carboxylic acids is 1. The summed E-state index contributed by atoms with van der Waals surface area (Å²) in [5.41, 5.74) is 3.74. The van der Waals surface area contributed by atoms with Crippen molar-refractivity contribution in [1.29, 1.82) is 0 Å². The van der Waals surface area contributed by atoms with Crippen LogP contribution in [0.3, 0.4) is 0 Å². The molecule has 2 aromatic heterocycles. The van der Waals surface area contributed by atoms with Crippen molar-refractivity contribution < 1.29 is 9.53 Å². The molecule has 5 nitrogen and oxygen atoms in total. The lowest BCUT2D eigenvalue weighted by atomic mass is 9.96. The third-order valence-electron chi connectivity index (χ3n) is 4.42. The van der Waals surface area contributed by atoms with Crippen LogP contribution in [0.2, 0.25) is 0 Å². The molecule has 0 fully saturated rings. The minimum absolute atomic E-state index is 0.347. The summed E-state index contributed by atoms with van der Waals surface area (Å²) in [7, 11) is 1.60. The van der Waals surface area contributed by atoms with Crippen molar-refractivity contribution in [2.75, 3.05) is 7.11 Å². The molecule has 4 rings (SSSR count). The summed E-state index contributed by atoms with van der Waals surface area (Å²) in [6.45, 7) is 1.94. The van der Waals surface area contributed by atoms with Crippen LogP contribution in [-0.4, -0.2) is 22.6 Å². The third kappa shape index (κ3) is 2.45. The summed E-state index contributed by atoms with van der Waals surface area (Å²) in [6.07, 6.45) is 1.72. The molecule has 0 radical (unpaired) electrons. The van der Waals surface area contributed by atoms with Gasteiger partial charge in [-0.2, -0.15) is 0 Å². The lowest BCUT2D eigenvalue weighted by molar-refractivity contribution is 0.0980. The molecule has 1 aliphatic heterocycles. The van der Waals surface area contributed by atoms with Gasteiger partial charge in [0.05, 0.1) is 24.1 Å². The second-order valence-corrected chi connectivity index (χ2v) is 6.09. The molecule has 3 heterocycles. The molecule has 1 aliphatic rings. The molecular formula is C21H16N2O3. The number of ether oxygens (including phenoxy) is 1. The second-order valence-electron chi connectivity index (χ2n) is 6.09. The minimum Gasteiger partial charge on any atom is -0.497 e. The van der Waals surface area contributed by atoms with Gasteiger partial charge in [0.2, 0.25) is 0 Å². The number of benzene rings is 1. The first-order valence-corrected chi connectivity index (χ1v) is 8.19. The lowest BCUT2D eigenvalue weighted by Crippen LogP contribution is -2.24. The molecule has 0 amide bonds. The van der Waals surface area contributed by atoms with Gasteiger partial charge < -0.3 is 4.74 Å². The number of methoxy groups -OCH3 is 1. The zero-order valence-corrected chi connectivity index (χ0v) is 14.4. The Morgan fingerprint density at radius 2 is 1.69 bits per heavy atom. The first-order valence-electron chi connectivity index (χ1n) is 8.19. The van der Waals surface area contributed by atoms with Crippen molar-refractivity contribution >= 4 is 17.1 Å². The molecule has 0 saturated heterocycles. The monoisotopic (exact) mass is 344 g/mol. The Kier molecular flexibility index (Phi) is 3.77. The fourth-order valence-electron chi connectivity index (χ4n) is 3.14. The molecule has 0 saturated carbocycles. The number of rotatable bonds is 3. The molecule has 0 bridgehead atoms. The average molecular weight is 344 g/mol. The fourth-order valence-corrected chi connectivity index (χ4v) is 3.14. The van der Waals surface area contributed by atoms with Gasteiger partial charge in [0.25, 0.3) is 11.5 Å². The van der Waals surface area contributed by atoms with Gasteiger partial charge in [-0.15, -0.1) is 0 Å². The Morgan fingerprint density at radius 3 is 2.35 bits per heavy atom. The Balaban J connectivity index is 2.01. The van der Waals surface area contributed by atoms with E-state index in [2.05, 4.69) is 4.98 Å². The SMILES string of the molecule is COc1ccc(C2=C(c3ccc(C)cn3)C(=O)n3c2cccc3=O)cc1. The van der Waals surface area contributed by atoms with Crippen LogP contribution in [0, 0.1) is 6.92 Å². The summed E-state index contributed by atoms with van der Waals surface area (Å²) in [6, 6.07) is 16.0. The van der Waals surface area contributed by atoms with E-state index in [1.807, 2.05) is 43.3 Å². The zero-order valence-electron chi connectivity index (χ0n) is 14.4. The van der Waals surface area contributed by atoms with E-state index in [0.717, 1.165) is 16.9 Å². The highest BCUT2D eigenvalue weighted by atomic mass is 16.5. The number of pyridine rings is 2. The quantitative estimate of drug-likeness (QED) is 0.732. The zero-order chi connectivity index (χ0) is 18.3. The summed E-state index contributed by atoms with van der Waals surface area (Å²) in [5, 5.41) is 0. The van der Waals surface area contributed by atoms with Crippen LogP contribution in [0.25, 0.3) is 11.1 Å². The summed E-state index contributed by atoms with van der Waals surface area (Å²) < 4.78 is 6.42. The van der Waals surface area contributed by atoms with Crippen LogP contribution < -0.4 is 10.3 Å². The summed E-state index contributed by atoms with van der Waals surface area (Å²) >= 11 is 0. The standard InChI is InChI=1S/C21H16N2O3/c1-13-6-11-16(22-12-13)20-19(14-7-9-15(26-2)10-8-14)17-4-3-5-18(24)23(17)21(20)25/h3-12H,1-2H3. The Hall–Kier alpha value is -3.47. The number of carbonyl (C=O) groups is 1. The molecule has 1 aromatic carbocycles. The van der Waals surface area contributed by atoms with Crippen molar-refractivity contribution in [3.8, 4) is 5.75 Å². The van der Waals surface area contributed by atoms with Crippen LogP contribution in [0.1, 0.15) is 27.3 Å². The molecule has 26 heavy (non-hydrogen) atoms. The summed E-state index contributed by atoms with van der Waals surface area (Å²) in [4.78, 5) is 29.8. The number of aromatic nitrogens is 2. The molecule has 3 aromatic rings. The number of hydrogen-bond acceptors (Lipinski definition) is 4. The van der Waals surface area contributed by atoms with Crippen molar-refractivity contribution in [1.82, 2.24) is 9.55 Å². The molecule has 5 heteroatoms. The molecule has 0 atom stereocenters. The normalized spacial score (nSPS) is 13.1. The number of fused-ring (bicyclic) bond motifs is 1. The van der Waals surface area contributed by atoms with E-state index < -0.39 is 0 Å². The first-order chi connectivity index (χ1) is 12.6. The highest BCUT2D eigenvalue weighted by Gasteiger charge is 2.32. The number of allylic oxidation sites excluding steroid dienone is 1. The van der Waals surface area contributed by atoms with E-state index >= 15 is 0 Å². The van der Waals surface area contributed by atoms with Gasteiger partial charge >= 0.3 is 0 Å². The van der Waals surface area contributed by atoms with Crippen molar-refractivity contribution in [2.24, 2.45) is 0 Å². The van der Waals surface area contributed by atoms with Gasteiger partial charge in [0, 0.05) is 17.8 Å². The maximum absolute atomic E-state index is 13.1. The number of aryl methyl sites for hydroxylation is 1. The van der Waals surface area contributed by atoms with Gasteiger partial charge in [0.15, 0.2) is 0 Å². The van der Waals surface area contributed by atoms with Crippen molar-refractivity contribution in [3.05, 3.63) is 93.7 Å². The number of nitrogens with zero attached hydrogens (tertiary/aromatic N) is 2. The highest BCUT2D eigenvalue weighted by molar-refractivity contribution is 6.33. The Morgan fingerprint density at radius 1 is 0.923 bits per heavy atom. The van der Waals surface area contributed by atoms with Gasteiger partial charge in [-0.25, -0.2) is 4.57 Å². The molecule has 0 spiro atoms. The maximum Gasteiger partial charge on any atom is 0.268 e. The number of hydrogen-bond donors (Lipinski definition) is 0. The van der Waals surface area contributed by atoms with Crippen molar-refractivity contribution in [3.63, 3.8) is 0 Å². The van der Waals surface area contributed by atoms with Crippen LogP contribution in [0.4, 0.5) is 0 Å². The van der Waals surface area contributed by atoms with Gasteiger partial charge in [-0.3, -0.25) is 14.6 Å². The topological polar surface area (TPSA) is 61.2 Å². The van der Waals surface area contributed by atoms with E-state index in [1.54, 1.807) is 25.4 Å². The summed E-state index contributed by atoms with van der Waals surface area (Å²) in [5.74, 6) is 0.368. The predicted octanol–water partition coefficient (Wildman–Crippen LogP) is 3.17. The van der Waals surface area contributed by atoms with Crippen LogP contribution in [0.5, 0.6) is 5.75 Å². The van der Waals surface area contributed by atoms with Crippen LogP contribution in [-0.2, 0) is 0 Å². The Bertz CT molecular complexity index is 1090. The van der Waals surface area contributed by atoms with Crippen LogP contribution >= 0.6 is 0 Å². The van der Waals surface area contributed by atoms with E-state index in [4.69, 9.17) is 4.74 Å². The molecule has 0 aliphatic carbocycles. The Labute approximate surface area is 150 Å². The van der Waals surface area contributed by atoms with E-state index in [1.165, 1.54) is 10.6 Å². The largest absolute Gasteiger partial charge is 0.497 e. The predicted molar refractivity (Wildman–Crippen MR) is 99.2 cm³/mol. The molecular weight excluding hydrogens is 328 g/mol. The van der Waals surface area contributed by atoms with E-state index in [9.17, 15) is 9.59 Å². The van der Waals surface area contributed by atoms with Crippen LogP contribution in [0.15, 0.2) is 65.6 Å².